The molecule has 0 aliphatic rings. The molecule has 0 heterocycles. The van der Waals surface area contributed by atoms with Crippen molar-refractivity contribution in [3.05, 3.63) is 102 Å². The highest BCUT2D eigenvalue weighted by atomic mass is 16.5. The Morgan fingerprint density at radius 2 is 1.44 bits per heavy atom. The van der Waals surface area contributed by atoms with Crippen molar-refractivity contribution in [3.63, 3.8) is 0 Å². The number of nitrogens with one attached hydrogen (secondary N) is 1. The van der Waals surface area contributed by atoms with Crippen LogP contribution in [0.4, 0.5) is 4.79 Å². The van der Waals surface area contributed by atoms with Gasteiger partial charge in [0.2, 0.25) is 5.91 Å². The van der Waals surface area contributed by atoms with Crippen molar-refractivity contribution in [2.45, 2.75) is 25.6 Å². The number of rotatable bonds is 9. The summed E-state index contributed by atoms with van der Waals surface area (Å²) in [5, 5.41) is 2.75. The Kier molecular flexibility index (Phi) is 8.26. The lowest BCUT2D eigenvalue weighted by molar-refractivity contribution is -0.132. The molecular weight excluding hydrogens is 404 g/mol. The Morgan fingerprint density at radius 3 is 2.03 bits per heavy atom. The van der Waals surface area contributed by atoms with E-state index in [1.807, 2.05) is 84.9 Å². The van der Waals surface area contributed by atoms with Crippen LogP contribution in [0.2, 0.25) is 0 Å². The summed E-state index contributed by atoms with van der Waals surface area (Å²) in [7, 11) is 3.34. The quantitative estimate of drug-likeness (QED) is 0.551. The molecule has 0 aromatic heterocycles. The third-order valence-electron chi connectivity index (χ3n) is 5.04. The first kappa shape index (κ1) is 22.9. The van der Waals surface area contributed by atoms with Crippen molar-refractivity contribution in [2.75, 3.05) is 14.2 Å². The van der Waals surface area contributed by atoms with E-state index >= 15 is 0 Å². The first-order chi connectivity index (χ1) is 15.5. The maximum absolute atomic E-state index is 13.2. The van der Waals surface area contributed by atoms with Gasteiger partial charge in [-0.05, 0) is 28.8 Å². The number of methoxy groups -OCH3 is 1. The Morgan fingerprint density at radius 1 is 0.844 bits per heavy atom. The van der Waals surface area contributed by atoms with Crippen LogP contribution in [-0.4, -0.2) is 37.1 Å². The van der Waals surface area contributed by atoms with Crippen LogP contribution in [0.25, 0.3) is 0 Å². The van der Waals surface area contributed by atoms with E-state index in [0.29, 0.717) is 13.0 Å². The van der Waals surface area contributed by atoms with E-state index in [9.17, 15) is 9.59 Å². The minimum absolute atomic E-state index is 0.139. The number of ether oxygens (including phenoxy) is 2. The van der Waals surface area contributed by atoms with E-state index in [1.54, 1.807) is 19.1 Å². The zero-order valence-corrected chi connectivity index (χ0v) is 18.4. The van der Waals surface area contributed by atoms with Crippen molar-refractivity contribution >= 4 is 12.0 Å². The topological polar surface area (TPSA) is 67.9 Å². The van der Waals surface area contributed by atoms with Gasteiger partial charge in [-0.25, -0.2) is 4.79 Å². The van der Waals surface area contributed by atoms with Gasteiger partial charge in [-0.1, -0.05) is 72.8 Å². The lowest BCUT2D eigenvalue weighted by atomic mass is 10.0. The Labute approximate surface area is 188 Å². The second kappa shape index (κ2) is 11.6. The minimum atomic E-state index is -0.746. The summed E-state index contributed by atoms with van der Waals surface area (Å²) in [4.78, 5) is 27.3. The Hall–Kier alpha value is -3.80. The van der Waals surface area contributed by atoms with Crippen molar-refractivity contribution in [1.82, 2.24) is 10.2 Å². The number of alkyl carbamates (subject to hydrolysis) is 1. The second-order valence-corrected chi connectivity index (χ2v) is 7.49. The molecule has 0 bridgehead atoms. The second-order valence-electron chi connectivity index (χ2n) is 7.49. The highest BCUT2D eigenvalue weighted by Crippen LogP contribution is 2.14. The van der Waals surface area contributed by atoms with Gasteiger partial charge in [0.1, 0.15) is 18.4 Å². The standard InChI is InChI=1S/C26H28N2O4/c1-28(18-21-13-15-23(31-2)16-14-21)25(29)24(17-20-9-5-3-6-10-20)27-26(30)32-19-22-11-7-4-8-12-22/h3-16,24H,17-19H2,1-2H3,(H,27,30)/t24-/m0/s1. The third-order valence-corrected chi connectivity index (χ3v) is 5.04. The van der Waals surface area contributed by atoms with Crippen LogP contribution in [0.3, 0.4) is 0 Å². The van der Waals surface area contributed by atoms with Gasteiger partial charge in [0.15, 0.2) is 0 Å². The first-order valence-electron chi connectivity index (χ1n) is 10.4. The van der Waals surface area contributed by atoms with Crippen LogP contribution in [0.1, 0.15) is 16.7 Å². The molecule has 3 aromatic rings. The fraction of sp³-hybridized carbons (Fsp3) is 0.231. The van der Waals surface area contributed by atoms with Gasteiger partial charge >= 0.3 is 6.09 Å². The van der Waals surface area contributed by atoms with Crippen molar-refractivity contribution in [1.29, 1.82) is 0 Å². The zero-order valence-electron chi connectivity index (χ0n) is 18.4. The number of likely N-dealkylation sites (N-methyl/N-ethyl adjacent to an activating group) is 1. The molecule has 166 valence electrons. The summed E-state index contributed by atoms with van der Waals surface area (Å²) >= 11 is 0. The predicted molar refractivity (Wildman–Crippen MR) is 123 cm³/mol. The zero-order chi connectivity index (χ0) is 22.8. The molecule has 6 nitrogen and oxygen atoms in total. The summed E-state index contributed by atoms with van der Waals surface area (Å²) in [6, 6.07) is 25.8. The van der Waals surface area contributed by atoms with Crippen LogP contribution >= 0.6 is 0 Å². The molecule has 32 heavy (non-hydrogen) atoms. The van der Waals surface area contributed by atoms with Crippen LogP contribution in [0, 0.1) is 0 Å². The lowest BCUT2D eigenvalue weighted by Crippen LogP contribution is -2.48. The summed E-state index contributed by atoms with van der Waals surface area (Å²) in [5.74, 6) is 0.564. The summed E-state index contributed by atoms with van der Waals surface area (Å²) in [5.41, 5.74) is 2.80. The largest absolute Gasteiger partial charge is 0.497 e. The molecule has 0 radical (unpaired) electrons. The third kappa shape index (κ3) is 6.87. The van der Waals surface area contributed by atoms with Crippen LogP contribution in [0.5, 0.6) is 5.75 Å². The molecule has 3 aromatic carbocycles. The lowest BCUT2D eigenvalue weighted by Gasteiger charge is -2.25. The van der Waals surface area contributed by atoms with E-state index in [2.05, 4.69) is 5.32 Å². The molecule has 0 fully saturated rings. The molecule has 1 atom stereocenters. The number of amides is 2. The van der Waals surface area contributed by atoms with Gasteiger partial charge in [-0.15, -0.1) is 0 Å². The molecule has 0 unspecified atom stereocenters. The number of benzene rings is 3. The number of carbonyl (C=O) groups is 2. The van der Waals surface area contributed by atoms with E-state index in [4.69, 9.17) is 9.47 Å². The smallest absolute Gasteiger partial charge is 0.408 e. The molecular formula is C26H28N2O4. The number of nitrogens with zero attached hydrogens (tertiary/aromatic N) is 1. The van der Waals surface area contributed by atoms with E-state index in [-0.39, 0.29) is 12.5 Å². The average Bonchev–Trinajstić information content (AvgIpc) is 2.83. The van der Waals surface area contributed by atoms with Gasteiger partial charge in [-0.3, -0.25) is 4.79 Å². The molecule has 2 amide bonds. The summed E-state index contributed by atoms with van der Waals surface area (Å²) in [6.45, 7) is 0.551. The van der Waals surface area contributed by atoms with Gasteiger partial charge in [0, 0.05) is 20.0 Å². The maximum atomic E-state index is 13.2. The number of hydrogen-bond acceptors (Lipinski definition) is 4. The molecule has 6 heteroatoms. The number of hydrogen-bond donors (Lipinski definition) is 1. The van der Waals surface area contributed by atoms with Crippen molar-refractivity contribution < 1.29 is 19.1 Å². The Balaban J connectivity index is 1.66. The highest BCUT2D eigenvalue weighted by Gasteiger charge is 2.25. The maximum Gasteiger partial charge on any atom is 0.408 e. The first-order valence-corrected chi connectivity index (χ1v) is 10.4. The van der Waals surface area contributed by atoms with Gasteiger partial charge in [-0.2, -0.15) is 0 Å². The monoisotopic (exact) mass is 432 g/mol. The minimum Gasteiger partial charge on any atom is -0.497 e. The van der Waals surface area contributed by atoms with Crippen molar-refractivity contribution in [2.24, 2.45) is 0 Å². The summed E-state index contributed by atoms with van der Waals surface area (Å²) < 4.78 is 10.5. The average molecular weight is 433 g/mol. The molecule has 0 aliphatic heterocycles. The fourth-order valence-corrected chi connectivity index (χ4v) is 3.31. The van der Waals surface area contributed by atoms with Crippen molar-refractivity contribution in [3.8, 4) is 5.75 Å². The Bertz CT molecular complexity index is 991. The van der Waals surface area contributed by atoms with Crippen LogP contribution in [0.15, 0.2) is 84.9 Å². The van der Waals surface area contributed by atoms with Gasteiger partial charge < -0.3 is 19.7 Å². The summed E-state index contributed by atoms with van der Waals surface area (Å²) in [6.07, 6.45) is -0.256. The number of carbonyl (C=O) groups excluding carboxylic acids is 2. The highest BCUT2D eigenvalue weighted by molar-refractivity contribution is 5.85. The molecule has 0 aliphatic carbocycles. The van der Waals surface area contributed by atoms with E-state index in [1.165, 1.54) is 0 Å². The SMILES string of the molecule is COc1ccc(CN(C)C(=O)[C@H](Cc2ccccc2)NC(=O)OCc2ccccc2)cc1. The molecule has 0 spiro atoms. The molecule has 3 rings (SSSR count). The van der Waals surface area contributed by atoms with E-state index < -0.39 is 12.1 Å². The molecule has 1 N–H and O–H groups in total. The van der Waals surface area contributed by atoms with Gasteiger partial charge in [0.05, 0.1) is 7.11 Å². The predicted octanol–water partition coefficient (Wildman–Crippen LogP) is 4.19. The normalized spacial score (nSPS) is 11.3. The molecule has 0 saturated carbocycles. The van der Waals surface area contributed by atoms with Crippen LogP contribution in [-0.2, 0) is 29.1 Å². The van der Waals surface area contributed by atoms with Gasteiger partial charge in [0.25, 0.3) is 0 Å². The van der Waals surface area contributed by atoms with E-state index in [0.717, 1.165) is 22.4 Å². The fourth-order valence-electron chi connectivity index (χ4n) is 3.31. The molecule has 0 saturated heterocycles. The van der Waals surface area contributed by atoms with Crippen LogP contribution < -0.4 is 10.1 Å².